The molecule has 0 bridgehead atoms. The summed E-state index contributed by atoms with van der Waals surface area (Å²) in [5.41, 5.74) is 2.68. The topological polar surface area (TPSA) is 65.1 Å². The third kappa shape index (κ3) is 3.04. The number of phenolic OH excluding ortho intramolecular Hbond substituents is 1. The highest BCUT2D eigenvalue weighted by atomic mass is 19.1. The van der Waals surface area contributed by atoms with Gasteiger partial charge in [-0.15, -0.1) is 0 Å². The Kier molecular flexibility index (Phi) is 4.02. The van der Waals surface area contributed by atoms with E-state index < -0.39 is 0 Å². The Hall–Kier alpha value is -2.82. The Labute approximate surface area is 133 Å². The summed E-state index contributed by atoms with van der Waals surface area (Å²) >= 11 is 0. The molecule has 1 amide bonds. The molecule has 0 aliphatic heterocycles. The lowest BCUT2D eigenvalue weighted by Crippen LogP contribution is -2.25. The Morgan fingerprint density at radius 3 is 2.96 bits per heavy atom. The molecule has 5 heteroatoms. The maximum Gasteiger partial charge on any atom is 0.255 e. The molecule has 4 nitrogen and oxygen atoms in total. The van der Waals surface area contributed by atoms with Crippen LogP contribution in [0.25, 0.3) is 10.9 Å². The summed E-state index contributed by atoms with van der Waals surface area (Å²) in [6, 6.07) is 9.66. The van der Waals surface area contributed by atoms with Gasteiger partial charge in [0.25, 0.3) is 5.91 Å². The van der Waals surface area contributed by atoms with Gasteiger partial charge in [0.1, 0.15) is 11.6 Å². The number of para-hydroxylation sites is 1. The summed E-state index contributed by atoms with van der Waals surface area (Å²) in [7, 11) is 0. The van der Waals surface area contributed by atoms with Gasteiger partial charge in [-0.1, -0.05) is 12.1 Å². The van der Waals surface area contributed by atoms with Crippen molar-refractivity contribution in [1.29, 1.82) is 0 Å². The Morgan fingerprint density at radius 2 is 2.13 bits per heavy atom. The zero-order chi connectivity index (χ0) is 16.4. The number of aromatic hydroxyl groups is 1. The molecule has 1 aromatic heterocycles. The van der Waals surface area contributed by atoms with E-state index in [4.69, 9.17) is 0 Å². The average molecular weight is 312 g/mol. The van der Waals surface area contributed by atoms with Crippen molar-refractivity contribution >= 4 is 16.8 Å². The van der Waals surface area contributed by atoms with Crippen LogP contribution >= 0.6 is 0 Å². The lowest BCUT2D eigenvalue weighted by Gasteiger charge is -2.08. The van der Waals surface area contributed by atoms with E-state index in [2.05, 4.69) is 10.3 Å². The monoisotopic (exact) mass is 312 g/mol. The molecule has 3 aromatic rings. The van der Waals surface area contributed by atoms with Crippen molar-refractivity contribution in [3.05, 3.63) is 65.1 Å². The summed E-state index contributed by atoms with van der Waals surface area (Å²) in [5, 5.41) is 13.7. The summed E-state index contributed by atoms with van der Waals surface area (Å²) in [4.78, 5) is 15.1. The second-order valence-electron chi connectivity index (χ2n) is 5.48. The van der Waals surface area contributed by atoms with Crippen molar-refractivity contribution in [2.24, 2.45) is 0 Å². The SMILES string of the molecule is Cc1cccc(C(=O)NCCc2c[nH]c3cc(F)ccc23)c1O. The van der Waals surface area contributed by atoms with Gasteiger partial charge < -0.3 is 15.4 Å². The minimum absolute atomic E-state index is 0.00701. The smallest absolute Gasteiger partial charge is 0.255 e. The second kappa shape index (κ2) is 6.12. The number of rotatable bonds is 4. The van der Waals surface area contributed by atoms with Crippen LogP contribution in [-0.2, 0) is 6.42 Å². The Morgan fingerprint density at radius 1 is 1.30 bits per heavy atom. The molecule has 0 saturated heterocycles. The van der Waals surface area contributed by atoms with Crippen LogP contribution in [-0.4, -0.2) is 22.5 Å². The number of halogens is 1. The molecule has 1 heterocycles. The van der Waals surface area contributed by atoms with Gasteiger partial charge in [0.05, 0.1) is 5.56 Å². The molecule has 0 radical (unpaired) electrons. The van der Waals surface area contributed by atoms with E-state index in [1.54, 1.807) is 31.2 Å². The molecule has 3 rings (SSSR count). The average Bonchev–Trinajstić information content (AvgIpc) is 2.92. The van der Waals surface area contributed by atoms with E-state index >= 15 is 0 Å². The summed E-state index contributed by atoms with van der Waals surface area (Å²) in [6.07, 6.45) is 2.43. The molecule has 0 aliphatic rings. The number of hydrogen-bond donors (Lipinski definition) is 3. The predicted molar refractivity (Wildman–Crippen MR) is 87.1 cm³/mol. The first-order chi connectivity index (χ1) is 11.1. The maximum atomic E-state index is 13.2. The zero-order valence-corrected chi connectivity index (χ0v) is 12.7. The zero-order valence-electron chi connectivity index (χ0n) is 12.7. The van der Waals surface area contributed by atoms with E-state index in [0.717, 1.165) is 16.5 Å². The minimum Gasteiger partial charge on any atom is -0.507 e. The maximum absolute atomic E-state index is 13.2. The van der Waals surface area contributed by atoms with E-state index in [1.165, 1.54) is 12.1 Å². The number of aromatic amines is 1. The highest BCUT2D eigenvalue weighted by Crippen LogP contribution is 2.22. The van der Waals surface area contributed by atoms with Crippen LogP contribution in [0.5, 0.6) is 5.75 Å². The lowest BCUT2D eigenvalue weighted by molar-refractivity contribution is 0.0951. The number of benzene rings is 2. The van der Waals surface area contributed by atoms with Crippen LogP contribution < -0.4 is 5.32 Å². The van der Waals surface area contributed by atoms with Crippen LogP contribution in [0.4, 0.5) is 4.39 Å². The number of fused-ring (bicyclic) bond motifs is 1. The van der Waals surface area contributed by atoms with Crippen molar-refractivity contribution in [3.63, 3.8) is 0 Å². The number of carbonyl (C=O) groups is 1. The number of carbonyl (C=O) groups excluding carboxylic acids is 1. The number of hydrogen-bond acceptors (Lipinski definition) is 2. The van der Waals surface area contributed by atoms with Gasteiger partial charge in [-0.25, -0.2) is 4.39 Å². The molecule has 0 saturated carbocycles. The van der Waals surface area contributed by atoms with Crippen molar-refractivity contribution in [2.75, 3.05) is 6.54 Å². The van der Waals surface area contributed by atoms with Gasteiger partial charge in [0.2, 0.25) is 0 Å². The molecular formula is C18H17FN2O2. The first-order valence-corrected chi connectivity index (χ1v) is 7.38. The van der Waals surface area contributed by atoms with Crippen molar-refractivity contribution in [2.45, 2.75) is 13.3 Å². The van der Waals surface area contributed by atoms with Crippen molar-refractivity contribution < 1.29 is 14.3 Å². The third-order valence-electron chi connectivity index (χ3n) is 3.89. The van der Waals surface area contributed by atoms with Crippen molar-refractivity contribution in [1.82, 2.24) is 10.3 Å². The molecule has 2 aromatic carbocycles. The standard InChI is InChI=1S/C18H17FN2O2/c1-11-3-2-4-15(17(11)22)18(23)20-8-7-12-10-21-16-9-13(19)5-6-14(12)16/h2-6,9-10,21-22H,7-8H2,1H3,(H,20,23). The van der Waals surface area contributed by atoms with Gasteiger partial charge in [-0.3, -0.25) is 4.79 Å². The van der Waals surface area contributed by atoms with E-state index in [9.17, 15) is 14.3 Å². The third-order valence-corrected chi connectivity index (χ3v) is 3.89. The highest BCUT2D eigenvalue weighted by Gasteiger charge is 2.12. The quantitative estimate of drug-likeness (QED) is 0.692. The summed E-state index contributed by atoms with van der Waals surface area (Å²) < 4.78 is 13.2. The van der Waals surface area contributed by atoms with Gasteiger partial charge in [0.15, 0.2) is 0 Å². The van der Waals surface area contributed by atoms with Crippen LogP contribution in [0.15, 0.2) is 42.6 Å². The van der Waals surface area contributed by atoms with Crippen LogP contribution in [0.1, 0.15) is 21.5 Å². The van der Waals surface area contributed by atoms with E-state index in [0.29, 0.717) is 18.5 Å². The van der Waals surface area contributed by atoms with Gasteiger partial charge in [0, 0.05) is 23.6 Å². The van der Waals surface area contributed by atoms with Crippen LogP contribution in [0.2, 0.25) is 0 Å². The molecule has 0 fully saturated rings. The van der Waals surface area contributed by atoms with Gasteiger partial charge in [-0.2, -0.15) is 0 Å². The number of nitrogens with one attached hydrogen (secondary N) is 2. The van der Waals surface area contributed by atoms with E-state index in [-0.39, 0.29) is 23.0 Å². The number of amides is 1. The van der Waals surface area contributed by atoms with E-state index in [1.807, 2.05) is 6.20 Å². The molecule has 0 unspecified atom stereocenters. The summed E-state index contributed by atoms with van der Waals surface area (Å²) in [6.45, 7) is 2.17. The van der Waals surface area contributed by atoms with Crippen LogP contribution in [0.3, 0.4) is 0 Å². The largest absolute Gasteiger partial charge is 0.507 e. The molecule has 23 heavy (non-hydrogen) atoms. The number of phenols is 1. The Bertz CT molecular complexity index is 871. The molecule has 118 valence electrons. The van der Waals surface area contributed by atoms with Crippen molar-refractivity contribution in [3.8, 4) is 5.75 Å². The first kappa shape index (κ1) is 15.1. The summed E-state index contributed by atoms with van der Waals surface area (Å²) in [5.74, 6) is -0.584. The second-order valence-corrected chi connectivity index (χ2v) is 5.48. The first-order valence-electron chi connectivity index (χ1n) is 7.38. The molecular weight excluding hydrogens is 295 g/mol. The van der Waals surface area contributed by atoms with Gasteiger partial charge >= 0.3 is 0 Å². The minimum atomic E-state index is -0.308. The number of aryl methyl sites for hydroxylation is 1. The fourth-order valence-electron chi connectivity index (χ4n) is 2.61. The van der Waals surface area contributed by atoms with Gasteiger partial charge in [-0.05, 0) is 48.7 Å². The normalized spacial score (nSPS) is 10.9. The number of aromatic nitrogens is 1. The molecule has 3 N–H and O–H groups in total. The molecule has 0 aliphatic carbocycles. The molecule has 0 atom stereocenters. The number of H-pyrrole nitrogens is 1. The molecule has 0 spiro atoms. The highest BCUT2D eigenvalue weighted by molar-refractivity contribution is 5.97. The lowest BCUT2D eigenvalue weighted by atomic mass is 10.1. The fourth-order valence-corrected chi connectivity index (χ4v) is 2.61. The predicted octanol–water partition coefficient (Wildman–Crippen LogP) is 3.29. The Balaban J connectivity index is 1.66. The van der Waals surface area contributed by atoms with Crippen LogP contribution in [0, 0.1) is 12.7 Å². The fraction of sp³-hybridized carbons (Fsp3) is 0.167.